The van der Waals surface area contributed by atoms with Gasteiger partial charge in [-0.1, -0.05) is 6.07 Å². The van der Waals surface area contributed by atoms with Gasteiger partial charge in [-0.3, -0.25) is 4.79 Å². The molecule has 0 radical (unpaired) electrons. The number of anilines is 2. The fraction of sp³-hybridized carbons (Fsp3) is 0.214. The molecule has 0 fully saturated rings. The molecule has 1 aromatic carbocycles. The molecule has 1 N–H and O–H groups in total. The van der Waals surface area contributed by atoms with Gasteiger partial charge in [0.2, 0.25) is 0 Å². The number of nitrogens with one attached hydrogen (secondary N) is 1. The number of ether oxygens (including phenoxy) is 2. The zero-order valence-electron chi connectivity index (χ0n) is 11.6. The lowest BCUT2D eigenvalue weighted by Gasteiger charge is -2.04. The summed E-state index contributed by atoms with van der Waals surface area (Å²) in [5, 5.41) is 5.50. The van der Waals surface area contributed by atoms with Crippen LogP contribution < -0.4 is 5.32 Å². The van der Waals surface area contributed by atoms with Crippen molar-refractivity contribution >= 4 is 34.1 Å². The highest BCUT2D eigenvalue weighted by molar-refractivity contribution is 7.13. The van der Waals surface area contributed by atoms with Crippen molar-refractivity contribution in [2.24, 2.45) is 0 Å². The lowest BCUT2D eigenvalue weighted by Crippen LogP contribution is -2.04. The van der Waals surface area contributed by atoms with Gasteiger partial charge in [0.05, 0.1) is 31.9 Å². The molecule has 0 amide bonds. The van der Waals surface area contributed by atoms with Crippen LogP contribution >= 0.6 is 11.3 Å². The van der Waals surface area contributed by atoms with Gasteiger partial charge in [0.15, 0.2) is 5.13 Å². The van der Waals surface area contributed by atoms with Crippen LogP contribution in [0.25, 0.3) is 0 Å². The molecular formula is C14H14N2O4S. The molecule has 0 bridgehead atoms. The van der Waals surface area contributed by atoms with Crippen LogP contribution in [0.15, 0.2) is 29.6 Å². The average molecular weight is 306 g/mol. The van der Waals surface area contributed by atoms with Gasteiger partial charge in [0.25, 0.3) is 0 Å². The second-order valence-corrected chi connectivity index (χ2v) is 4.95. The third-order valence-electron chi connectivity index (χ3n) is 2.64. The predicted molar refractivity (Wildman–Crippen MR) is 78.9 cm³/mol. The van der Waals surface area contributed by atoms with E-state index in [1.54, 1.807) is 23.6 Å². The summed E-state index contributed by atoms with van der Waals surface area (Å²) < 4.78 is 9.26. The normalized spacial score (nSPS) is 10.0. The maximum absolute atomic E-state index is 11.5. The van der Waals surface area contributed by atoms with E-state index in [9.17, 15) is 9.59 Å². The molecule has 0 aliphatic carbocycles. The zero-order chi connectivity index (χ0) is 15.2. The molecule has 110 valence electrons. The lowest BCUT2D eigenvalue weighted by molar-refractivity contribution is -0.139. The Labute approximate surface area is 125 Å². The largest absolute Gasteiger partial charge is 0.469 e. The van der Waals surface area contributed by atoms with Gasteiger partial charge in [-0.05, 0) is 18.2 Å². The minimum atomic E-state index is -0.399. The van der Waals surface area contributed by atoms with Gasteiger partial charge in [0, 0.05) is 11.1 Å². The molecule has 7 heteroatoms. The highest BCUT2D eigenvalue weighted by atomic mass is 32.1. The van der Waals surface area contributed by atoms with Crippen LogP contribution in [0.1, 0.15) is 16.1 Å². The number of esters is 2. The lowest BCUT2D eigenvalue weighted by atomic mass is 10.2. The summed E-state index contributed by atoms with van der Waals surface area (Å²) in [5.41, 5.74) is 1.81. The molecular weight excluding hydrogens is 292 g/mol. The SMILES string of the molecule is COC(=O)Cc1csc(Nc2cccc(C(=O)OC)c2)n1. The van der Waals surface area contributed by atoms with Crippen LogP contribution in [-0.2, 0) is 20.7 Å². The minimum Gasteiger partial charge on any atom is -0.469 e. The molecule has 0 saturated heterocycles. The van der Waals surface area contributed by atoms with E-state index in [2.05, 4.69) is 19.8 Å². The second kappa shape index (κ2) is 6.85. The Morgan fingerprint density at radius 1 is 1.29 bits per heavy atom. The summed E-state index contributed by atoms with van der Waals surface area (Å²) >= 11 is 1.37. The Hall–Kier alpha value is -2.41. The Morgan fingerprint density at radius 2 is 2.10 bits per heavy atom. The zero-order valence-corrected chi connectivity index (χ0v) is 12.4. The van der Waals surface area contributed by atoms with Gasteiger partial charge in [-0.2, -0.15) is 0 Å². The Kier molecular flexibility index (Phi) is 4.89. The fourth-order valence-electron chi connectivity index (χ4n) is 1.63. The summed E-state index contributed by atoms with van der Waals surface area (Å²) in [6.45, 7) is 0. The molecule has 0 saturated carbocycles. The number of carbonyl (C=O) groups is 2. The van der Waals surface area contributed by atoms with Crippen molar-refractivity contribution in [3.63, 3.8) is 0 Å². The summed E-state index contributed by atoms with van der Waals surface area (Å²) in [4.78, 5) is 26.9. The molecule has 2 aromatic rings. The van der Waals surface area contributed by atoms with Crippen molar-refractivity contribution in [2.45, 2.75) is 6.42 Å². The van der Waals surface area contributed by atoms with Crippen LogP contribution in [0.3, 0.4) is 0 Å². The summed E-state index contributed by atoms with van der Waals surface area (Å²) in [5.74, 6) is -0.733. The Balaban J connectivity index is 2.08. The van der Waals surface area contributed by atoms with Gasteiger partial charge in [-0.15, -0.1) is 11.3 Å². The molecule has 0 atom stereocenters. The van der Waals surface area contributed by atoms with E-state index in [0.717, 1.165) is 5.69 Å². The van der Waals surface area contributed by atoms with Crippen LogP contribution in [0.2, 0.25) is 0 Å². The first-order valence-electron chi connectivity index (χ1n) is 6.09. The summed E-state index contributed by atoms with van der Waals surface area (Å²) in [6.07, 6.45) is 0.136. The first-order chi connectivity index (χ1) is 10.1. The number of hydrogen-bond acceptors (Lipinski definition) is 7. The van der Waals surface area contributed by atoms with E-state index in [1.165, 1.54) is 25.6 Å². The topological polar surface area (TPSA) is 77.5 Å². The van der Waals surface area contributed by atoms with Gasteiger partial charge >= 0.3 is 11.9 Å². The summed E-state index contributed by atoms with van der Waals surface area (Å²) in [7, 11) is 2.68. The third-order valence-corrected chi connectivity index (χ3v) is 3.45. The molecule has 1 heterocycles. The third kappa shape index (κ3) is 4.03. The molecule has 0 unspecified atom stereocenters. The van der Waals surface area contributed by atoms with Crippen molar-refractivity contribution in [3.05, 3.63) is 40.9 Å². The number of hydrogen-bond donors (Lipinski definition) is 1. The first kappa shape index (κ1) is 15.0. The number of nitrogens with zero attached hydrogens (tertiary/aromatic N) is 1. The molecule has 0 aliphatic rings. The average Bonchev–Trinajstić information content (AvgIpc) is 2.93. The molecule has 21 heavy (non-hydrogen) atoms. The van der Waals surface area contributed by atoms with Crippen LogP contribution in [-0.4, -0.2) is 31.1 Å². The monoisotopic (exact) mass is 306 g/mol. The standard InChI is InChI=1S/C14H14N2O4S/c1-19-12(17)7-11-8-21-14(16-11)15-10-5-3-4-9(6-10)13(18)20-2/h3-6,8H,7H2,1-2H3,(H,15,16). The Bertz CT molecular complexity index is 654. The van der Waals surface area contributed by atoms with Crippen molar-refractivity contribution < 1.29 is 19.1 Å². The molecule has 0 aliphatic heterocycles. The number of aromatic nitrogens is 1. The quantitative estimate of drug-likeness (QED) is 0.855. The van der Waals surface area contributed by atoms with E-state index in [1.807, 2.05) is 6.07 Å². The highest BCUT2D eigenvalue weighted by Crippen LogP contribution is 2.22. The van der Waals surface area contributed by atoms with E-state index in [-0.39, 0.29) is 12.4 Å². The van der Waals surface area contributed by atoms with Crippen LogP contribution in [0.4, 0.5) is 10.8 Å². The molecule has 1 aromatic heterocycles. The molecule has 2 rings (SSSR count). The second-order valence-electron chi connectivity index (χ2n) is 4.09. The number of methoxy groups -OCH3 is 2. The van der Waals surface area contributed by atoms with Crippen molar-refractivity contribution in [1.82, 2.24) is 4.98 Å². The number of thiazole rings is 1. The van der Waals surface area contributed by atoms with Gasteiger partial charge < -0.3 is 14.8 Å². The Morgan fingerprint density at radius 3 is 2.81 bits per heavy atom. The first-order valence-corrected chi connectivity index (χ1v) is 6.97. The molecule has 6 nitrogen and oxygen atoms in total. The maximum atomic E-state index is 11.5. The van der Waals surface area contributed by atoms with Gasteiger partial charge in [0.1, 0.15) is 0 Å². The summed E-state index contributed by atoms with van der Waals surface area (Å²) in [6, 6.07) is 6.90. The number of carbonyl (C=O) groups excluding carboxylic acids is 2. The van der Waals surface area contributed by atoms with Crippen molar-refractivity contribution in [3.8, 4) is 0 Å². The highest BCUT2D eigenvalue weighted by Gasteiger charge is 2.09. The van der Waals surface area contributed by atoms with Gasteiger partial charge in [-0.25, -0.2) is 9.78 Å². The maximum Gasteiger partial charge on any atom is 0.337 e. The minimum absolute atomic E-state index is 0.136. The molecule has 0 spiro atoms. The van der Waals surface area contributed by atoms with E-state index < -0.39 is 5.97 Å². The van der Waals surface area contributed by atoms with E-state index in [4.69, 9.17) is 0 Å². The van der Waals surface area contributed by atoms with Crippen LogP contribution in [0, 0.1) is 0 Å². The smallest absolute Gasteiger partial charge is 0.337 e. The van der Waals surface area contributed by atoms with Crippen LogP contribution in [0.5, 0.6) is 0 Å². The predicted octanol–water partition coefficient (Wildman–Crippen LogP) is 2.39. The number of rotatable bonds is 5. The fourth-order valence-corrected chi connectivity index (χ4v) is 2.36. The number of benzene rings is 1. The van der Waals surface area contributed by atoms with E-state index >= 15 is 0 Å². The van der Waals surface area contributed by atoms with Crippen molar-refractivity contribution in [2.75, 3.05) is 19.5 Å². The van der Waals surface area contributed by atoms with Crippen molar-refractivity contribution in [1.29, 1.82) is 0 Å². The van der Waals surface area contributed by atoms with E-state index in [0.29, 0.717) is 16.4 Å².